The fraction of sp³-hybridized carbons (Fsp3) is 0.294. The van der Waals surface area contributed by atoms with Crippen molar-refractivity contribution in [3.05, 3.63) is 70.8 Å². The van der Waals surface area contributed by atoms with Gasteiger partial charge in [0.2, 0.25) is 0 Å². The molecule has 2 aromatic carbocycles. The number of nitrogens with two attached hydrogens (primary N) is 1. The molecule has 0 fully saturated rings. The second-order valence-corrected chi connectivity index (χ2v) is 5.20. The summed E-state index contributed by atoms with van der Waals surface area (Å²) in [7, 11) is 0. The highest BCUT2D eigenvalue weighted by molar-refractivity contribution is 5.33. The predicted molar refractivity (Wildman–Crippen MR) is 79.0 cm³/mol. The summed E-state index contributed by atoms with van der Waals surface area (Å²) in [5.74, 6) is 0. The molecule has 100 valence electrons. The highest BCUT2D eigenvalue weighted by Crippen LogP contribution is 2.25. The van der Waals surface area contributed by atoms with Crippen LogP contribution in [-0.2, 0) is 12.0 Å². The van der Waals surface area contributed by atoms with E-state index >= 15 is 0 Å². The van der Waals surface area contributed by atoms with Gasteiger partial charge in [0.15, 0.2) is 0 Å². The first-order valence-corrected chi connectivity index (χ1v) is 6.59. The fourth-order valence-electron chi connectivity index (χ4n) is 2.29. The Kier molecular flexibility index (Phi) is 4.03. The zero-order valence-corrected chi connectivity index (χ0v) is 11.6. The number of hydrogen-bond acceptors (Lipinski definition) is 2. The molecular weight excluding hydrogens is 234 g/mol. The van der Waals surface area contributed by atoms with Crippen LogP contribution < -0.4 is 5.73 Å². The van der Waals surface area contributed by atoms with E-state index in [1.54, 1.807) is 0 Å². The van der Waals surface area contributed by atoms with Crippen molar-refractivity contribution in [2.45, 2.75) is 25.9 Å². The van der Waals surface area contributed by atoms with Crippen LogP contribution in [0.15, 0.2) is 48.5 Å². The summed E-state index contributed by atoms with van der Waals surface area (Å²) in [6, 6.07) is 15.9. The van der Waals surface area contributed by atoms with Crippen LogP contribution in [0.5, 0.6) is 0 Å². The maximum absolute atomic E-state index is 10.8. The third kappa shape index (κ3) is 3.03. The van der Waals surface area contributed by atoms with E-state index in [4.69, 9.17) is 5.73 Å². The fourth-order valence-corrected chi connectivity index (χ4v) is 2.29. The van der Waals surface area contributed by atoms with Crippen LogP contribution in [0.2, 0.25) is 0 Å². The van der Waals surface area contributed by atoms with Gasteiger partial charge in [-0.1, -0.05) is 48.5 Å². The lowest BCUT2D eigenvalue weighted by Crippen LogP contribution is -2.37. The molecule has 1 atom stereocenters. The van der Waals surface area contributed by atoms with Gasteiger partial charge in [0.05, 0.1) is 0 Å². The first-order chi connectivity index (χ1) is 9.05. The lowest BCUT2D eigenvalue weighted by molar-refractivity contribution is 0.0463. The van der Waals surface area contributed by atoms with Crippen molar-refractivity contribution in [2.24, 2.45) is 5.73 Å². The van der Waals surface area contributed by atoms with Crippen LogP contribution in [-0.4, -0.2) is 11.7 Å². The van der Waals surface area contributed by atoms with E-state index in [1.165, 1.54) is 11.1 Å². The van der Waals surface area contributed by atoms with E-state index in [0.717, 1.165) is 11.1 Å². The summed E-state index contributed by atoms with van der Waals surface area (Å²) in [6.07, 6.45) is 0.536. The van der Waals surface area contributed by atoms with Crippen molar-refractivity contribution < 1.29 is 5.11 Å². The van der Waals surface area contributed by atoms with Crippen molar-refractivity contribution in [3.8, 4) is 0 Å². The second-order valence-electron chi connectivity index (χ2n) is 5.20. The number of rotatable bonds is 4. The molecule has 0 aliphatic carbocycles. The second kappa shape index (κ2) is 5.55. The van der Waals surface area contributed by atoms with Gasteiger partial charge < -0.3 is 10.8 Å². The average molecular weight is 255 g/mol. The Morgan fingerprint density at radius 2 is 1.68 bits per heavy atom. The van der Waals surface area contributed by atoms with E-state index in [-0.39, 0.29) is 6.54 Å². The quantitative estimate of drug-likeness (QED) is 0.882. The molecule has 0 aliphatic rings. The van der Waals surface area contributed by atoms with Crippen molar-refractivity contribution in [1.29, 1.82) is 0 Å². The van der Waals surface area contributed by atoms with Gasteiger partial charge in [-0.25, -0.2) is 0 Å². The van der Waals surface area contributed by atoms with Crippen molar-refractivity contribution in [3.63, 3.8) is 0 Å². The zero-order valence-electron chi connectivity index (χ0n) is 11.6. The molecule has 2 heteroatoms. The van der Waals surface area contributed by atoms with Gasteiger partial charge in [-0.3, -0.25) is 0 Å². The van der Waals surface area contributed by atoms with Crippen LogP contribution >= 0.6 is 0 Å². The third-order valence-corrected chi connectivity index (χ3v) is 3.72. The van der Waals surface area contributed by atoms with Gasteiger partial charge in [-0.15, -0.1) is 0 Å². The molecule has 0 saturated carbocycles. The molecule has 19 heavy (non-hydrogen) atoms. The summed E-state index contributed by atoms with van der Waals surface area (Å²) in [6.45, 7) is 4.39. The maximum Gasteiger partial charge on any atom is 0.106 e. The van der Waals surface area contributed by atoms with E-state index in [9.17, 15) is 5.11 Å². The van der Waals surface area contributed by atoms with E-state index in [0.29, 0.717) is 6.42 Å². The Bertz CT molecular complexity index is 550. The molecule has 3 N–H and O–H groups in total. The summed E-state index contributed by atoms with van der Waals surface area (Å²) in [4.78, 5) is 0. The van der Waals surface area contributed by atoms with Crippen LogP contribution in [0.1, 0.15) is 22.3 Å². The number of benzene rings is 2. The van der Waals surface area contributed by atoms with Crippen LogP contribution in [0.4, 0.5) is 0 Å². The standard InChI is InChI=1S/C17H21NO/c1-13-8-9-15(10-14(13)2)11-17(19,12-18)16-6-4-3-5-7-16/h3-10,19H,11-12,18H2,1-2H3. The highest BCUT2D eigenvalue weighted by atomic mass is 16.3. The van der Waals surface area contributed by atoms with Crippen molar-refractivity contribution in [1.82, 2.24) is 0 Å². The first kappa shape index (κ1) is 13.8. The largest absolute Gasteiger partial charge is 0.383 e. The summed E-state index contributed by atoms with van der Waals surface area (Å²) >= 11 is 0. The molecule has 0 aromatic heterocycles. The molecule has 2 nitrogen and oxygen atoms in total. The molecule has 0 aliphatic heterocycles. The van der Waals surface area contributed by atoms with Crippen LogP contribution in [0.25, 0.3) is 0 Å². The molecular formula is C17H21NO. The Hall–Kier alpha value is -1.64. The molecule has 0 bridgehead atoms. The Morgan fingerprint density at radius 3 is 2.26 bits per heavy atom. The molecule has 2 aromatic rings. The van der Waals surface area contributed by atoms with Gasteiger partial charge in [-0.2, -0.15) is 0 Å². The third-order valence-electron chi connectivity index (χ3n) is 3.72. The van der Waals surface area contributed by atoms with E-state index in [2.05, 4.69) is 32.0 Å². The SMILES string of the molecule is Cc1ccc(CC(O)(CN)c2ccccc2)cc1C. The van der Waals surface area contributed by atoms with Crippen molar-refractivity contribution >= 4 is 0 Å². The monoisotopic (exact) mass is 255 g/mol. The molecule has 0 radical (unpaired) electrons. The van der Waals surface area contributed by atoms with Crippen molar-refractivity contribution in [2.75, 3.05) is 6.54 Å². The van der Waals surface area contributed by atoms with Gasteiger partial charge in [0, 0.05) is 13.0 Å². The Labute approximate surface area is 114 Å². The number of hydrogen-bond donors (Lipinski definition) is 2. The topological polar surface area (TPSA) is 46.2 Å². The predicted octanol–water partition coefficient (Wildman–Crippen LogP) is 2.69. The highest BCUT2D eigenvalue weighted by Gasteiger charge is 2.27. The minimum absolute atomic E-state index is 0.212. The van der Waals surface area contributed by atoms with Crippen LogP contribution in [0.3, 0.4) is 0 Å². The number of aryl methyl sites for hydroxylation is 2. The molecule has 0 heterocycles. The summed E-state index contributed by atoms with van der Waals surface area (Å²) < 4.78 is 0. The minimum atomic E-state index is -0.997. The average Bonchev–Trinajstić information content (AvgIpc) is 2.44. The van der Waals surface area contributed by atoms with Crippen LogP contribution in [0, 0.1) is 13.8 Å². The normalized spacial score (nSPS) is 14.1. The molecule has 0 amide bonds. The van der Waals surface area contributed by atoms with Gasteiger partial charge >= 0.3 is 0 Å². The molecule has 2 rings (SSSR count). The maximum atomic E-state index is 10.8. The molecule has 0 saturated heterocycles. The van der Waals surface area contributed by atoms with Gasteiger partial charge in [-0.05, 0) is 36.1 Å². The van der Waals surface area contributed by atoms with Gasteiger partial charge in [0.25, 0.3) is 0 Å². The zero-order chi connectivity index (χ0) is 13.9. The Balaban J connectivity index is 2.30. The van der Waals surface area contributed by atoms with Gasteiger partial charge in [0.1, 0.15) is 5.60 Å². The number of aliphatic hydroxyl groups is 1. The lowest BCUT2D eigenvalue weighted by Gasteiger charge is -2.27. The summed E-state index contributed by atoms with van der Waals surface area (Å²) in [5, 5.41) is 10.8. The van der Waals surface area contributed by atoms with E-state index in [1.807, 2.05) is 30.3 Å². The molecule has 1 unspecified atom stereocenters. The van der Waals surface area contributed by atoms with E-state index < -0.39 is 5.60 Å². The summed E-state index contributed by atoms with van der Waals surface area (Å²) in [5.41, 5.74) is 9.29. The Morgan fingerprint density at radius 1 is 1.00 bits per heavy atom. The molecule has 0 spiro atoms. The first-order valence-electron chi connectivity index (χ1n) is 6.59. The minimum Gasteiger partial charge on any atom is -0.383 e. The smallest absolute Gasteiger partial charge is 0.106 e. The lowest BCUT2D eigenvalue weighted by atomic mass is 9.86.